The minimum absolute atomic E-state index is 0.201. The van der Waals surface area contributed by atoms with Gasteiger partial charge in [-0.05, 0) is 9.91 Å². The quantitative estimate of drug-likeness (QED) is 0.638. The van der Waals surface area contributed by atoms with Gasteiger partial charge in [-0.3, -0.25) is 4.57 Å². The number of hydrogen-bond donors (Lipinski definition) is 1. The highest BCUT2D eigenvalue weighted by atomic mass is 16.6. The van der Waals surface area contributed by atoms with Gasteiger partial charge in [0.25, 0.3) is 0 Å². The van der Waals surface area contributed by atoms with Crippen molar-refractivity contribution >= 4 is 11.6 Å². The Balaban J connectivity index is 2.10. The second-order valence-electron chi connectivity index (χ2n) is 3.71. The molecule has 2 aromatic rings. The maximum Gasteiger partial charge on any atom is 0.406 e. The summed E-state index contributed by atoms with van der Waals surface area (Å²) in [6, 6.07) is 0. The zero-order valence-electron chi connectivity index (χ0n) is 10.1. The van der Waals surface area contributed by atoms with Crippen molar-refractivity contribution in [1.29, 1.82) is 0 Å². The van der Waals surface area contributed by atoms with Crippen molar-refractivity contribution in [1.82, 2.24) is 14.5 Å². The lowest BCUT2D eigenvalue weighted by Gasteiger charge is -2.03. The Bertz CT molecular complexity index is 560. The monoisotopic (exact) mass is 251 g/mol. The van der Waals surface area contributed by atoms with Gasteiger partial charge in [0.15, 0.2) is 5.89 Å². The van der Waals surface area contributed by atoms with Crippen LogP contribution in [0.1, 0.15) is 18.6 Å². The van der Waals surface area contributed by atoms with Crippen LogP contribution in [0.4, 0.5) is 11.6 Å². The predicted octanol–water partition coefficient (Wildman–Crippen LogP) is 1.49. The molecule has 18 heavy (non-hydrogen) atoms. The molecule has 0 amide bonds. The molecule has 0 spiro atoms. The molecule has 2 heterocycles. The smallest absolute Gasteiger partial charge is 0.406 e. The van der Waals surface area contributed by atoms with Gasteiger partial charge in [0.2, 0.25) is 12.1 Å². The highest BCUT2D eigenvalue weighted by Gasteiger charge is 2.19. The summed E-state index contributed by atoms with van der Waals surface area (Å²) in [6.45, 7) is 2.27. The highest BCUT2D eigenvalue weighted by molar-refractivity contribution is 5.51. The molecule has 0 saturated heterocycles. The number of anilines is 1. The number of nitrogens with zero attached hydrogens (tertiary/aromatic N) is 4. The van der Waals surface area contributed by atoms with Crippen LogP contribution >= 0.6 is 0 Å². The number of nitrogens with one attached hydrogen (secondary N) is 1. The fourth-order valence-corrected chi connectivity index (χ4v) is 1.52. The fourth-order valence-electron chi connectivity index (χ4n) is 1.52. The number of aryl methyl sites for hydroxylation is 2. The van der Waals surface area contributed by atoms with E-state index in [0.29, 0.717) is 30.4 Å². The zero-order chi connectivity index (χ0) is 13.1. The van der Waals surface area contributed by atoms with Crippen LogP contribution in [0.3, 0.4) is 0 Å². The minimum Gasteiger partial charge on any atom is -0.444 e. The molecule has 8 nitrogen and oxygen atoms in total. The van der Waals surface area contributed by atoms with Crippen LogP contribution in [0.15, 0.2) is 16.9 Å². The van der Waals surface area contributed by atoms with Crippen LogP contribution in [-0.2, 0) is 20.0 Å². The Kier molecular flexibility index (Phi) is 3.26. The van der Waals surface area contributed by atoms with E-state index in [0.717, 1.165) is 0 Å². The Morgan fingerprint density at radius 2 is 2.33 bits per heavy atom. The molecule has 0 aliphatic carbocycles. The zero-order valence-corrected chi connectivity index (χ0v) is 10.1. The lowest BCUT2D eigenvalue weighted by molar-refractivity contribution is -0.388. The topological polar surface area (TPSA) is 99.0 Å². The van der Waals surface area contributed by atoms with Crippen LogP contribution in [0, 0.1) is 10.1 Å². The van der Waals surface area contributed by atoms with Gasteiger partial charge in [-0.25, -0.2) is 4.98 Å². The van der Waals surface area contributed by atoms with E-state index in [2.05, 4.69) is 15.3 Å². The molecule has 0 bridgehead atoms. The van der Waals surface area contributed by atoms with Crippen LogP contribution in [0.25, 0.3) is 0 Å². The maximum atomic E-state index is 10.8. The molecule has 8 heteroatoms. The van der Waals surface area contributed by atoms with Crippen molar-refractivity contribution in [2.75, 3.05) is 5.32 Å². The molecule has 0 aliphatic heterocycles. The standard InChI is InChI=1S/C10H13N5O3/c1-3-8-11-4-7(18-8)5-12-9-10(15(16)17)13-6-14(9)2/h4,6,12H,3,5H2,1-2H3. The molecule has 0 aromatic carbocycles. The van der Waals surface area contributed by atoms with E-state index in [-0.39, 0.29) is 5.82 Å². The summed E-state index contributed by atoms with van der Waals surface area (Å²) in [6.07, 6.45) is 3.71. The summed E-state index contributed by atoms with van der Waals surface area (Å²) in [5, 5.41) is 13.7. The number of hydrogen-bond acceptors (Lipinski definition) is 6. The second-order valence-corrected chi connectivity index (χ2v) is 3.71. The van der Waals surface area contributed by atoms with Crippen molar-refractivity contribution in [3.05, 3.63) is 34.3 Å². The van der Waals surface area contributed by atoms with E-state index in [1.165, 1.54) is 6.33 Å². The van der Waals surface area contributed by atoms with Crippen molar-refractivity contribution < 1.29 is 9.34 Å². The molecular weight excluding hydrogens is 238 g/mol. The number of imidazole rings is 1. The van der Waals surface area contributed by atoms with Crippen LogP contribution < -0.4 is 5.32 Å². The van der Waals surface area contributed by atoms with Crippen LogP contribution in [-0.4, -0.2) is 19.5 Å². The van der Waals surface area contributed by atoms with Gasteiger partial charge in [0.1, 0.15) is 5.76 Å². The highest BCUT2D eigenvalue weighted by Crippen LogP contribution is 2.21. The van der Waals surface area contributed by atoms with Gasteiger partial charge < -0.3 is 19.8 Å². The Morgan fingerprint density at radius 1 is 1.56 bits per heavy atom. The van der Waals surface area contributed by atoms with Gasteiger partial charge in [-0.1, -0.05) is 6.92 Å². The molecule has 2 rings (SSSR count). The predicted molar refractivity (Wildman–Crippen MR) is 63.1 cm³/mol. The number of rotatable bonds is 5. The number of oxazole rings is 1. The second kappa shape index (κ2) is 4.86. The summed E-state index contributed by atoms with van der Waals surface area (Å²) in [7, 11) is 1.68. The lowest BCUT2D eigenvalue weighted by atomic mass is 10.5. The first-order valence-corrected chi connectivity index (χ1v) is 5.45. The fraction of sp³-hybridized carbons (Fsp3) is 0.400. The molecule has 0 aliphatic rings. The third-order valence-electron chi connectivity index (χ3n) is 2.42. The van der Waals surface area contributed by atoms with Crippen LogP contribution in [0.2, 0.25) is 0 Å². The maximum absolute atomic E-state index is 10.8. The van der Waals surface area contributed by atoms with Crippen molar-refractivity contribution in [2.45, 2.75) is 19.9 Å². The Labute approximate surface area is 103 Å². The molecule has 0 unspecified atom stereocenters. The largest absolute Gasteiger partial charge is 0.444 e. The lowest BCUT2D eigenvalue weighted by Crippen LogP contribution is -2.05. The van der Waals surface area contributed by atoms with Gasteiger partial charge >= 0.3 is 5.82 Å². The molecule has 0 radical (unpaired) electrons. The van der Waals surface area contributed by atoms with Crippen molar-refractivity contribution in [3.63, 3.8) is 0 Å². The first-order chi connectivity index (χ1) is 8.61. The SMILES string of the molecule is CCc1ncc(CNc2c([N+](=O)[O-])ncn2C)o1. The van der Waals surface area contributed by atoms with E-state index in [4.69, 9.17) is 4.42 Å². The van der Waals surface area contributed by atoms with E-state index in [1.54, 1.807) is 17.8 Å². The molecule has 2 aromatic heterocycles. The summed E-state index contributed by atoms with van der Waals surface area (Å²) >= 11 is 0. The summed E-state index contributed by atoms with van der Waals surface area (Å²) in [5.74, 6) is 1.41. The van der Waals surface area contributed by atoms with E-state index in [1.807, 2.05) is 6.92 Å². The first-order valence-electron chi connectivity index (χ1n) is 5.45. The average molecular weight is 251 g/mol. The Hall–Kier alpha value is -2.38. The molecule has 0 atom stereocenters. The van der Waals surface area contributed by atoms with Gasteiger partial charge in [-0.15, -0.1) is 0 Å². The third kappa shape index (κ3) is 2.31. The molecule has 1 N–H and O–H groups in total. The van der Waals surface area contributed by atoms with Crippen molar-refractivity contribution in [3.8, 4) is 0 Å². The summed E-state index contributed by atoms with van der Waals surface area (Å²) in [4.78, 5) is 18.0. The summed E-state index contributed by atoms with van der Waals surface area (Å²) < 4.78 is 6.95. The average Bonchev–Trinajstić information content (AvgIpc) is 2.93. The molecule has 96 valence electrons. The third-order valence-corrected chi connectivity index (χ3v) is 2.42. The molecule has 0 saturated carbocycles. The first kappa shape index (κ1) is 12.1. The molecule has 0 fully saturated rings. The normalized spacial score (nSPS) is 10.6. The molecular formula is C10H13N5O3. The van der Waals surface area contributed by atoms with Gasteiger partial charge in [-0.2, -0.15) is 0 Å². The number of nitro groups is 1. The van der Waals surface area contributed by atoms with Crippen molar-refractivity contribution in [2.24, 2.45) is 7.05 Å². The van der Waals surface area contributed by atoms with Gasteiger partial charge in [0.05, 0.1) is 12.7 Å². The summed E-state index contributed by atoms with van der Waals surface area (Å²) in [5.41, 5.74) is 0. The van der Waals surface area contributed by atoms with E-state index in [9.17, 15) is 10.1 Å². The van der Waals surface area contributed by atoms with E-state index >= 15 is 0 Å². The van der Waals surface area contributed by atoms with Gasteiger partial charge in [0, 0.05) is 13.5 Å². The number of aromatic nitrogens is 3. The van der Waals surface area contributed by atoms with Crippen LogP contribution in [0.5, 0.6) is 0 Å². The Morgan fingerprint density at radius 3 is 2.94 bits per heavy atom. The van der Waals surface area contributed by atoms with E-state index < -0.39 is 4.92 Å². The minimum atomic E-state index is -0.528.